The molecule has 5 rings (SSSR count). The summed E-state index contributed by atoms with van der Waals surface area (Å²) in [6.45, 7) is 0.340. The van der Waals surface area contributed by atoms with Crippen LogP contribution in [-0.4, -0.2) is 17.1 Å². The fraction of sp³-hybridized carbons (Fsp3) is 0.0333. The molecule has 1 amide bonds. The third-order valence-electron chi connectivity index (χ3n) is 5.62. The van der Waals surface area contributed by atoms with Crippen molar-refractivity contribution in [3.8, 4) is 17.0 Å². The van der Waals surface area contributed by atoms with Crippen LogP contribution in [0.25, 0.3) is 11.3 Å². The Bertz CT molecular complexity index is 1570. The summed E-state index contributed by atoms with van der Waals surface area (Å²) in [7, 11) is 0. The molecule has 0 saturated carbocycles. The van der Waals surface area contributed by atoms with Gasteiger partial charge in [0, 0.05) is 27.2 Å². The molecule has 39 heavy (non-hydrogen) atoms. The highest BCUT2D eigenvalue weighted by molar-refractivity contribution is 7.14. The molecule has 2 N–H and O–H groups in total. The van der Waals surface area contributed by atoms with E-state index in [1.54, 1.807) is 42.6 Å². The zero-order valence-electron chi connectivity index (χ0n) is 20.5. The fourth-order valence-electron chi connectivity index (χ4n) is 3.54. The van der Waals surface area contributed by atoms with Crippen LogP contribution in [0.5, 0.6) is 5.75 Å². The molecule has 194 valence electrons. The molecule has 9 heteroatoms. The van der Waals surface area contributed by atoms with Crippen LogP contribution in [-0.2, 0) is 6.61 Å². The number of ether oxygens (including phenoxy) is 1. The van der Waals surface area contributed by atoms with Gasteiger partial charge < -0.3 is 10.1 Å². The molecule has 0 fully saturated rings. The van der Waals surface area contributed by atoms with Gasteiger partial charge in [-0.25, -0.2) is 14.8 Å². The lowest BCUT2D eigenvalue weighted by atomic mass is 10.1. The van der Waals surface area contributed by atoms with E-state index in [-0.39, 0.29) is 11.7 Å². The Morgan fingerprint density at radius 3 is 2.38 bits per heavy atom. The first-order chi connectivity index (χ1) is 19.0. The molecule has 1 heterocycles. The number of amides is 1. The monoisotopic (exact) mass is 556 g/mol. The quantitative estimate of drug-likeness (QED) is 0.144. The lowest BCUT2D eigenvalue weighted by Crippen LogP contribution is -2.17. The normalized spacial score (nSPS) is 10.9. The molecule has 6 nitrogen and oxygen atoms in total. The molecule has 0 unspecified atom stereocenters. The maximum Gasteiger partial charge on any atom is 0.271 e. The fourth-order valence-corrected chi connectivity index (χ4v) is 4.41. The number of hydrogen-bond acceptors (Lipinski definition) is 6. The van der Waals surface area contributed by atoms with Gasteiger partial charge in [-0.2, -0.15) is 5.10 Å². The number of aromatic nitrogens is 1. The third-order valence-corrected chi connectivity index (χ3v) is 6.63. The average Bonchev–Trinajstić information content (AvgIpc) is 3.43. The van der Waals surface area contributed by atoms with Gasteiger partial charge in [-0.15, -0.1) is 11.3 Å². The van der Waals surface area contributed by atoms with Crippen molar-refractivity contribution >= 4 is 45.9 Å². The van der Waals surface area contributed by atoms with Crippen molar-refractivity contribution < 1.29 is 13.9 Å². The zero-order chi connectivity index (χ0) is 27.0. The van der Waals surface area contributed by atoms with E-state index in [1.165, 1.54) is 23.5 Å². The van der Waals surface area contributed by atoms with Crippen molar-refractivity contribution in [3.05, 3.63) is 130 Å². The molecule has 0 aliphatic heterocycles. The van der Waals surface area contributed by atoms with E-state index in [2.05, 4.69) is 20.8 Å². The number of carbonyl (C=O) groups is 1. The summed E-state index contributed by atoms with van der Waals surface area (Å²) >= 11 is 7.43. The lowest BCUT2D eigenvalue weighted by molar-refractivity contribution is 0.0955. The second-order valence-electron chi connectivity index (χ2n) is 8.43. The summed E-state index contributed by atoms with van der Waals surface area (Å²) in [5.41, 5.74) is 7.31. The summed E-state index contributed by atoms with van der Waals surface area (Å²) in [6, 6.07) is 28.0. The van der Waals surface area contributed by atoms with E-state index in [1.807, 2.05) is 53.9 Å². The second kappa shape index (κ2) is 12.3. The molecule has 0 saturated heterocycles. The predicted molar refractivity (Wildman–Crippen MR) is 155 cm³/mol. The average molecular weight is 557 g/mol. The highest BCUT2D eigenvalue weighted by Crippen LogP contribution is 2.28. The Labute approximate surface area is 233 Å². The van der Waals surface area contributed by atoms with Crippen LogP contribution in [0.3, 0.4) is 0 Å². The van der Waals surface area contributed by atoms with Crippen LogP contribution in [0.4, 0.5) is 15.2 Å². The predicted octanol–water partition coefficient (Wildman–Crippen LogP) is 7.69. The first kappa shape index (κ1) is 26.1. The van der Waals surface area contributed by atoms with Gasteiger partial charge in [0.2, 0.25) is 0 Å². The summed E-state index contributed by atoms with van der Waals surface area (Å²) in [6.07, 6.45) is 1.56. The summed E-state index contributed by atoms with van der Waals surface area (Å²) in [5, 5.41) is 10.7. The summed E-state index contributed by atoms with van der Waals surface area (Å²) in [5.74, 6) is 0.0779. The van der Waals surface area contributed by atoms with Crippen LogP contribution in [0.2, 0.25) is 5.02 Å². The van der Waals surface area contributed by atoms with Crippen molar-refractivity contribution in [2.24, 2.45) is 5.10 Å². The number of hydrazone groups is 1. The van der Waals surface area contributed by atoms with Gasteiger partial charge in [0.05, 0.1) is 11.9 Å². The third kappa shape index (κ3) is 7.28. The number of halogens is 2. The molecule has 0 radical (unpaired) electrons. The summed E-state index contributed by atoms with van der Waals surface area (Å²) < 4.78 is 18.7. The van der Waals surface area contributed by atoms with Gasteiger partial charge in [0.15, 0.2) is 5.13 Å². The zero-order valence-corrected chi connectivity index (χ0v) is 22.0. The van der Waals surface area contributed by atoms with Gasteiger partial charge >= 0.3 is 0 Å². The van der Waals surface area contributed by atoms with Crippen molar-refractivity contribution in [2.45, 2.75) is 6.61 Å². The molecule has 0 aliphatic rings. The topological polar surface area (TPSA) is 75.6 Å². The number of thiazole rings is 1. The largest absolute Gasteiger partial charge is 0.489 e. The van der Waals surface area contributed by atoms with Gasteiger partial charge in [-0.3, -0.25) is 4.79 Å². The highest BCUT2D eigenvalue weighted by Gasteiger charge is 2.08. The van der Waals surface area contributed by atoms with E-state index < -0.39 is 0 Å². The lowest BCUT2D eigenvalue weighted by Gasteiger charge is -2.06. The Morgan fingerprint density at radius 2 is 1.67 bits per heavy atom. The number of anilines is 2. The minimum absolute atomic E-state index is 0.278. The molecule has 0 atom stereocenters. The Hall–Kier alpha value is -4.53. The standard InChI is InChI=1S/C30H22ClFN4O2S/c31-24-9-13-26(14-10-24)34-30-35-28(19-39-30)22-5-7-23(8-6-22)29(37)36-33-17-20-3-15-27(16-4-20)38-18-21-1-11-25(32)12-2-21/h1-17,19H,18H2,(H,34,35)(H,36,37)/b33-17-. The van der Waals surface area contributed by atoms with Crippen LogP contribution in [0, 0.1) is 5.82 Å². The molecule has 0 aliphatic carbocycles. The van der Waals surface area contributed by atoms with Crippen molar-refractivity contribution in [1.82, 2.24) is 10.4 Å². The van der Waals surface area contributed by atoms with Crippen molar-refractivity contribution in [2.75, 3.05) is 5.32 Å². The minimum Gasteiger partial charge on any atom is -0.489 e. The van der Waals surface area contributed by atoms with Crippen LogP contribution in [0.15, 0.2) is 108 Å². The van der Waals surface area contributed by atoms with E-state index in [4.69, 9.17) is 16.3 Å². The van der Waals surface area contributed by atoms with E-state index >= 15 is 0 Å². The summed E-state index contributed by atoms with van der Waals surface area (Å²) in [4.78, 5) is 17.1. The maximum atomic E-state index is 13.0. The first-order valence-corrected chi connectivity index (χ1v) is 13.2. The molecule has 4 aromatic carbocycles. The minimum atomic E-state index is -0.319. The Balaban J connectivity index is 1.11. The van der Waals surface area contributed by atoms with Crippen molar-refractivity contribution in [1.29, 1.82) is 0 Å². The second-order valence-corrected chi connectivity index (χ2v) is 9.72. The van der Waals surface area contributed by atoms with Crippen LogP contribution < -0.4 is 15.5 Å². The highest BCUT2D eigenvalue weighted by atomic mass is 35.5. The molecular formula is C30H22ClFN4O2S. The molecule has 0 spiro atoms. The number of carbonyl (C=O) groups excluding carboxylic acids is 1. The molecule has 0 bridgehead atoms. The van der Waals surface area contributed by atoms with E-state index in [0.717, 1.165) is 33.2 Å². The van der Waals surface area contributed by atoms with Gasteiger partial charge in [-0.1, -0.05) is 35.9 Å². The number of benzene rings is 4. The maximum absolute atomic E-state index is 13.0. The van der Waals surface area contributed by atoms with Crippen molar-refractivity contribution in [3.63, 3.8) is 0 Å². The van der Waals surface area contributed by atoms with E-state index in [9.17, 15) is 9.18 Å². The molecule has 5 aromatic rings. The number of nitrogens with one attached hydrogen (secondary N) is 2. The number of nitrogens with zero attached hydrogens (tertiary/aromatic N) is 2. The number of hydrogen-bond donors (Lipinski definition) is 2. The van der Waals surface area contributed by atoms with Gasteiger partial charge in [-0.05, 0) is 83.9 Å². The van der Waals surface area contributed by atoms with Crippen LogP contribution >= 0.6 is 22.9 Å². The Kier molecular flexibility index (Phi) is 8.26. The number of rotatable bonds is 9. The SMILES string of the molecule is O=C(N/N=C\c1ccc(OCc2ccc(F)cc2)cc1)c1ccc(-c2csc(Nc3ccc(Cl)cc3)n2)cc1. The molecule has 1 aromatic heterocycles. The van der Waals surface area contributed by atoms with Gasteiger partial charge in [0.1, 0.15) is 18.2 Å². The van der Waals surface area contributed by atoms with E-state index in [0.29, 0.717) is 22.9 Å². The smallest absolute Gasteiger partial charge is 0.271 e. The van der Waals surface area contributed by atoms with Gasteiger partial charge in [0.25, 0.3) is 5.91 Å². The van der Waals surface area contributed by atoms with Crippen LogP contribution in [0.1, 0.15) is 21.5 Å². The first-order valence-electron chi connectivity index (χ1n) is 11.9. The molecular weight excluding hydrogens is 535 g/mol. The Morgan fingerprint density at radius 1 is 0.949 bits per heavy atom.